The highest BCUT2D eigenvalue weighted by atomic mass is 32.2. The highest BCUT2D eigenvalue weighted by molar-refractivity contribution is 8.00. The zero-order chi connectivity index (χ0) is 18.0. The van der Waals surface area contributed by atoms with Gasteiger partial charge in [-0.2, -0.15) is 0 Å². The number of thioether (sulfide) groups is 1. The maximum absolute atomic E-state index is 12.9. The molecule has 134 valence electrons. The van der Waals surface area contributed by atoms with Crippen LogP contribution in [-0.2, 0) is 14.4 Å². The van der Waals surface area contributed by atoms with E-state index < -0.39 is 5.54 Å². The van der Waals surface area contributed by atoms with Gasteiger partial charge in [-0.05, 0) is 38.3 Å². The largest absolute Gasteiger partial charge is 0.318 e. The fourth-order valence-corrected chi connectivity index (χ4v) is 4.74. The van der Waals surface area contributed by atoms with Crippen LogP contribution in [0.25, 0.3) is 0 Å². The van der Waals surface area contributed by atoms with Gasteiger partial charge in [-0.3, -0.25) is 19.7 Å². The third-order valence-electron chi connectivity index (χ3n) is 5.17. The van der Waals surface area contributed by atoms with E-state index in [-0.39, 0.29) is 30.0 Å². The van der Waals surface area contributed by atoms with E-state index in [1.807, 2.05) is 26.0 Å². The van der Waals surface area contributed by atoms with Crippen LogP contribution >= 0.6 is 11.8 Å². The molecule has 1 spiro atoms. The molecule has 1 saturated carbocycles. The van der Waals surface area contributed by atoms with Crippen LogP contribution in [0.5, 0.6) is 0 Å². The summed E-state index contributed by atoms with van der Waals surface area (Å²) in [6.45, 7) is 4.03. The minimum absolute atomic E-state index is 0.0159. The molecular formula is C19H24N2O3S. The van der Waals surface area contributed by atoms with Gasteiger partial charge in [-0.15, -0.1) is 11.8 Å². The minimum Gasteiger partial charge on any atom is -0.318 e. The molecule has 3 rings (SSSR count). The van der Waals surface area contributed by atoms with E-state index >= 15 is 0 Å². The summed E-state index contributed by atoms with van der Waals surface area (Å²) in [7, 11) is 0. The lowest BCUT2D eigenvalue weighted by Gasteiger charge is -2.47. The SMILES string of the molecule is Cc1ccc(C)c(SCC(=O)N2CC(=O)NC(=O)C23CCCCC3)c1. The van der Waals surface area contributed by atoms with Crippen molar-refractivity contribution in [3.05, 3.63) is 29.3 Å². The maximum Gasteiger partial charge on any atom is 0.252 e. The van der Waals surface area contributed by atoms with Gasteiger partial charge in [-0.25, -0.2) is 0 Å². The van der Waals surface area contributed by atoms with Crippen LogP contribution in [0.1, 0.15) is 43.2 Å². The molecule has 0 unspecified atom stereocenters. The molecule has 1 saturated heterocycles. The molecule has 3 amide bonds. The van der Waals surface area contributed by atoms with Crippen LogP contribution in [-0.4, -0.2) is 40.5 Å². The van der Waals surface area contributed by atoms with Gasteiger partial charge in [0.15, 0.2) is 0 Å². The molecule has 6 heteroatoms. The van der Waals surface area contributed by atoms with Gasteiger partial charge in [0, 0.05) is 4.90 Å². The van der Waals surface area contributed by atoms with Crippen molar-refractivity contribution in [1.82, 2.24) is 10.2 Å². The summed E-state index contributed by atoms with van der Waals surface area (Å²) in [4.78, 5) is 39.9. The molecule has 0 radical (unpaired) electrons. The molecule has 2 aliphatic rings. The Morgan fingerprint density at radius 2 is 1.92 bits per heavy atom. The number of benzene rings is 1. The standard InChI is InChI=1S/C19H24N2O3S/c1-13-6-7-14(2)15(10-13)25-12-17(23)21-11-16(22)20-18(24)19(21)8-4-3-5-9-19/h6-7,10H,3-5,8-9,11-12H2,1-2H3,(H,20,22,24). The zero-order valence-corrected chi connectivity index (χ0v) is 15.6. The second-order valence-corrected chi connectivity index (χ2v) is 8.02. The van der Waals surface area contributed by atoms with Crippen molar-refractivity contribution < 1.29 is 14.4 Å². The minimum atomic E-state index is -0.828. The van der Waals surface area contributed by atoms with Crippen LogP contribution in [0.3, 0.4) is 0 Å². The molecule has 25 heavy (non-hydrogen) atoms. The van der Waals surface area contributed by atoms with Gasteiger partial charge in [0.25, 0.3) is 5.91 Å². The van der Waals surface area contributed by atoms with Crippen LogP contribution in [0.2, 0.25) is 0 Å². The number of amides is 3. The van der Waals surface area contributed by atoms with Crippen LogP contribution < -0.4 is 5.32 Å². The Bertz CT molecular complexity index is 711. The summed E-state index contributed by atoms with van der Waals surface area (Å²) in [5.74, 6) is -0.567. The first-order valence-corrected chi connectivity index (χ1v) is 9.76. The number of hydrogen-bond acceptors (Lipinski definition) is 4. The smallest absolute Gasteiger partial charge is 0.252 e. The molecule has 1 aliphatic carbocycles. The van der Waals surface area contributed by atoms with Crippen molar-refractivity contribution in [1.29, 1.82) is 0 Å². The summed E-state index contributed by atoms with van der Waals surface area (Å²) in [6, 6.07) is 6.16. The Hall–Kier alpha value is -1.82. The van der Waals surface area contributed by atoms with E-state index in [1.165, 1.54) is 11.8 Å². The van der Waals surface area contributed by atoms with Gasteiger partial charge in [-0.1, -0.05) is 37.0 Å². The number of nitrogens with one attached hydrogen (secondary N) is 1. The Morgan fingerprint density at radius 1 is 1.20 bits per heavy atom. The molecule has 1 aromatic carbocycles. The number of carbonyl (C=O) groups excluding carboxylic acids is 3. The first-order chi connectivity index (χ1) is 11.9. The highest BCUT2D eigenvalue weighted by Gasteiger charge is 2.50. The van der Waals surface area contributed by atoms with Crippen molar-refractivity contribution >= 4 is 29.5 Å². The molecule has 5 nitrogen and oxygen atoms in total. The van der Waals surface area contributed by atoms with E-state index in [1.54, 1.807) is 4.90 Å². The summed E-state index contributed by atoms with van der Waals surface area (Å²) >= 11 is 1.48. The number of imide groups is 1. The van der Waals surface area contributed by atoms with Gasteiger partial charge < -0.3 is 4.90 Å². The van der Waals surface area contributed by atoms with Crippen molar-refractivity contribution in [3.8, 4) is 0 Å². The third-order valence-corrected chi connectivity index (χ3v) is 6.31. The second-order valence-electron chi connectivity index (χ2n) is 7.01. The number of carbonyl (C=O) groups is 3. The normalized spacial score (nSPS) is 19.8. The van der Waals surface area contributed by atoms with E-state index in [9.17, 15) is 14.4 Å². The number of rotatable bonds is 3. The lowest BCUT2D eigenvalue weighted by atomic mass is 9.78. The molecule has 2 fully saturated rings. The van der Waals surface area contributed by atoms with Crippen LogP contribution in [0.4, 0.5) is 0 Å². The number of aryl methyl sites for hydroxylation is 2. The molecule has 1 aliphatic heterocycles. The summed E-state index contributed by atoms with van der Waals surface area (Å²) < 4.78 is 0. The summed E-state index contributed by atoms with van der Waals surface area (Å²) in [5.41, 5.74) is 1.45. The monoisotopic (exact) mass is 360 g/mol. The lowest BCUT2D eigenvalue weighted by molar-refractivity contribution is -0.158. The van der Waals surface area contributed by atoms with E-state index in [4.69, 9.17) is 0 Å². The Morgan fingerprint density at radius 3 is 2.64 bits per heavy atom. The predicted molar refractivity (Wildman–Crippen MR) is 97.3 cm³/mol. The average molecular weight is 360 g/mol. The molecule has 0 atom stereocenters. The molecule has 1 aromatic rings. The van der Waals surface area contributed by atoms with Gasteiger partial charge in [0.1, 0.15) is 12.1 Å². The average Bonchev–Trinajstić information content (AvgIpc) is 2.59. The fraction of sp³-hybridized carbons (Fsp3) is 0.526. The molecule has 1 heterocycles. The predicted octanol–water partition coefficient (Wildman–Crippen LogP) is 2.58. The van der Waals surface area contributed by atoms with Crippen molar-refractivity contribution in [2.45, 2.75) is 56.4 Å². The number of hydrogen-bond donors (Lipinski definition) is 1. The Labute approximate surface area is 152 Å². The van der Waals surface area contributed by atoms with Crippen LogP contribution in [0, 0.1) is 13.8 Å². The van der Waals surface area contributed by atoms with E-state index in [0.29, 0.717) is 12.8 Å². The Balaban J connectivity index is 1.77. The lowest BCUT2D eigenvalue weighted by Crippen LogP contribution is -2.69. The molecule has 0 aromatic heterocycles. The fourth-order valence-electron chi connectivity index (χ4n) is 3.74. The topological polar surface area (TPSA) is 66.5 Å². The van der Waals surface area contributed by atoms with Crippen molar-refractivity contribution in [2.75, 3.05) is 12.3 Å². The van der Waals surface area contributed by atoms with Gasteiger partial charge in [0.05, 0.1) is 5.75 Å². The first-order valence-electron chi connectivity index (χ1n) is 8.77. The maximum atomic E-state index is 12.9. The van der Waals surface area contributed by atoms with E-state index in [0.717, 1.165) is 35.3 Å². The zero-order valence-electron chi connectivity index (χ0n) is 14.8. The Kier molecular flexibility index (Phi) is 5.18. The summed E-state index contributed by atoms with van der Waals surface area (Å²) in [5, 5.41) is 2.44. The molecule has 1 N–H and O–H groups in total. The third kappa shape index (κ3) is 3.59. The van der Waals surface area contributed by atoms with Crippen LogP contribution in [0.15, 0.2) is 23.1 Å². The quantitative estimate of drug-likeness (QED) is 0.665. The molecule has 0 bridgehead atoms. The van der Waals surface area contributed by atoms with Gasteiger partial charge in [0.2, 0.25) is 11.8 Å². The number of piperazine rings is 1. The summed E-state index contributed by atoms with van der Waals surface area (Å²) in [6.07, 6.45) is 4.19. The van der Waals surface area contributed by atoms with Crippen molar-refractivity contribution in [2.24, 2.45) is 0 Å². The van der Waals surface area contributed by atoms with E-state index in [2.05, 4.69) is 11.4 Å². The highest BCUT2D eigenvalue weighted by Crippen LogP contribution is 2.36. The second kappa shape index (κ2) is 7.20. The van der Waals surface area contributed by atoms with Gasteiger partial charge >= 0.3 is 0 Å². The van der Waals surface area contributed by atoms with Crippen molar-refractivity contribution in [3.63, 3.8) is 0 Å². The molecular weight excluding hydrogens is 336 g/mol. The number of nitrogens with zero attached hydrogens (tertiary/aromatic N) is 1. The first kappa shape index (κ1) is 18.0.